The standard InChI is InChI=1S/C18H27ClO/c1-5-6-7-9-15(13-18(2,3)4)17(20)14-10-8-11-16(19)12-14/h8,10-12,15H,5-7,9,13H2,1-4H3. The summed E-state index contributed by atoms with van der Waals surface area (Å²) in [4.78, 5) is 12.7. The Balaban J connectivity index is 2.82. The smallest absolute Gasteiger partial charge is 0.166 e. The maximum absolute atomic E-state index is 12.7. The molecule has 0 spiro atoms. The first kappa shape index (κ1) is 17.2. The van der Waals surface area contributed by atoms with E-state index in [0.717, 1.165) is 24.8 Å². The van der Waals surface area contributed by atoms with Crippen molar-refractivity contribution in [2.75, 3.05) is 0 Å². The van der Waals surface area contributed by atoms with E-state index in [-0.39, 0.29) is 17.1 Å². The molecular weight excluding hydrogens is 268 g/mol. The molecular formula is C18H27ClO. The fourth-order valence-electron chi connectivity index (χ4n) is 2.58. The van der Waals surface area contributed by atoms with E-state index in [1.807, 2.05) is 18.2 Å². The van der Waals surface area contributed by atoms with Crippen molar-refractivity contribution in [3.8, 4) is 0 Å². The van der Waals surface area contributed by atoms with Gasteiger partial charge in [0.2, 0.25) is 0 Å². The predicted octanol–water partition coefficient (Wildman–Crippen LogP) is 6.16. The van der Waals surface area contributed by atoms with E-state index in [2.05, 4.69) is 27.7 Å². The summed E-state index contributed by atoms with van der Waals surface area (Å²) in [5.41, 5.74) is 0.925. The van der Waals surface area contributed by atoms with Gasteiger partial charge in [-0.15, -0.1) is 0 Å². The molecule has 0 radical (unpaired) electrons. The number of ketones is 1. The highest BCUT2D eigenvalue weighted by molar-refractivity contribution is 6.31. The number of carbonyl (C=O) groups excluding carboxylic acids is 1. The Hall–Kier alpha value is -0.820. The Kier molecular flexibility index (Phi) is 6.75. The van der Waals surface area contributed by atoms with Crippen molar-refractivity contribution in [2.24, 2.45) is 11.3 Å². The Morgan fingerprint density at radius 2 is 1.95 bits per heavy atom. The van der Waals surface area contributed by atoms with E-state index in [4.69, 9.17) is 11.6 Å². The van der Waals surface area contributed by atoms with Crippen LogP contribution in [0.2, 0.25) is 5.02 Å². The molecule has 0 aliphatic rings. The second kappa shape index (κ2) is 7.83. The van der Waals surface area contributed by atoms with Crippen LogP contribution in [0.4, 0.5) is 0 Å². The van der Waals surface area contributed by atoms with E-state index < -0.39 is 0 Å². The number of hydrogen-bond acceptors (Lipinski definition) is 1. The average Bonchev–Trinajstić information content (AvgIpc) is 2.35. The molecule has 1 aromatic rings. The van der Waals surface area contributed by atoms with Gasteiger partial charge in [-0.1, -0.05) is 70.7 Å². The molecule has 1 rings (SSSR count). The first-order valence-corrected chi connectivity index (χ1v) is 8.01. The normalized spacial score (nSPS) is 13.2. The zero-order valence-corrected chi connectivity index (χ0v) is 14.0. The highest BCUT2D eigenvalue weighted by Crippen LogP contribution is 2.30. The summed E-state index contributed by atoms with van der Waals surface area (Å²) >= 11 is 6.00. The second-order valence-corrected chi connectivity index (χ2v) is 7.27. The Morgan fingerprint density at radius 3 is 2.50 bits per heavy atom. The molecule has 0 aliphatic carbocycles. The third kappa shape index (κ3) is 6.09. The fraction of sp³-hybridized carbons (Fsp3) is 0.611. The summed E-state index contributed by atoms with van der Waals surface area (Å²) in [6, 6.07) is 7.34. The van der Waals surface area contributed by atoms with Crippen molar-refractivity contribution in [2.45, 2.75) is 59.8 Å². The zero-order chi connectivity index (χ0) is 15.2. The second-order valence-electron chi connectivity index (χ2n) is 6.83. The van der Waals surface area contributed by atoms with Gasteiger partial charge in [0.15, 0.2) is 5.78 Å². The lowest BCUT2D eigenvalue weighted by Crippen LogP contribution is -2.21. The van der Waals surface area contributed by atoms with E-state index in [1.165, 1.54) is 12.8 Å². The lowest BCUT2D eigenvalue weighted by atomic mass is 9.79. The van der Waals surface area contributed by atoms with Gasteiger partial charge in [0.1, 0.15) is 0 Å². The van der Waals surface area contributed by atoms with Crippen molar-refractivity contribution in [3.63, 3.8) is 0 Å². The molecule has 1 unspecified atom stereocenters. The molecule has 2 heteroatoms. The van der Waals surface area contributed by atoms with E-state index >= 15 is 0 Å². The van der Waals surface area contributed by atoms with Crippen LogP contribution < -0.4 is 0 Å². The molecule has 0 heterocycles. The van der Waals surface area contributed by atoms with Crippen molar-refractivity contribution >= 4 is 17.4 Å². The number of benzene rings is 1. The molecule has 112 valence electrons. The molecule has 0 N–H and O–H groups in total. The minimum Gasteiger partial charge on any atom is -0.294 e. The number of carbonyl (C=O) groups is 1. The minimum absolute atomic E-state index is 0.111. The molecule has 0 saturated carbocycles. The highest BCUT2D eigenvalue weighted by atomic mass is 35.5. The van der Waals surface area contributed by atoms with Crippen molar-refractivity contribution in [1.29, 1.82) is 0 Å². The van der Waals surface area contributed by atoms with Crippen LogP contribution >= 0.6 is 11.6 Å². The molecule has 1 aromatic carbocycles. The van der Waals surface area contributed by atoms with Gasteiger partial charge in [-0.3, -0.25) is 4.79 Å². The lowest BCUT2D eigenvalue weighted by molar-refractivity contribution is 0.0872. The van der Waals surface area contributed by atoms with Crippen LogP contribution in [0.3, 0.4) is 0 Å². The van der Waals surface area contributed by atoms with Crippen molar-refractivity contribution < 1.29 is 4.79 Å². The van der Waals surface area contributed by atoms with Crippen LogP contribution in [0, 0.1) is 11.3 Å². The number of halogens is 1. The molecule has 1 nitrogen and oxygen atoms in total. The van der Waals surface area contributed by atoms with Gasteiger partial charge in [-0.25, -0.2) is 0 Å². The largest absolute Gasteiger partial charge is 0.294 e. The quantitative estimate of drug-likeness (QED) is 0.435. The van der Waals surface area contributed by atoms with Gasteiger partial charge in [-0.2, -0.15) is 0 Å². The van der Waals surface area contributed by atoms with Crippen LogP contribution in [0.15, 0.2) is 24.3 Å². The number of Topliss-reactive ketones (excluding diaryl/α,β-unsaturated/α-hetero) is 1. The van der Waals surface area contributed by atoms with E-state index in [9.17, 15) is 4.79 Å². The molecule has 0 aromatic heterocycles. The van der Waals surface area contributed by atoms with Gasteiger partial charge in [0.05, 0.1) is 0 Å². The third-order valence-electron chi connectivity index (χ3n) is 3.49. The third-order valence-corrected chi connectivity index (χ3v) is 3.73. The first-order chi connectivity index (χ1) is 9.33. The number of unbranched alkanes of at least 4 members (excludes halogenated alkanes) is 2. The summed E-state index contributed by atoms with van der Waals surface area (Å²) in [5.74, 6) is 0.360. The molecule has 20 heavy (non-hydrogen) atoms. The summed E-state index contributed by atoms with van der Waals surface area (Å²) in [6.07, 6.45) is 5.43. The Morgan fingerprint density at radius 1 is 1.25 bits per heavy atom. The maximum Gasteiger partial charge on any atom is 0.166 e. The van der Waals surface area contributed by atoms with Crippen LogP contribution in [0.5, 0.6) is 0 Å². The topological polar surface area (TPSA) is 17.1 Å². The molecule has 0 amide bonds. The molecule has 0 bridgehead atoms. The van der Waals surface area contributed by atoms with Crippen LogP contribution in [-0.2, 0) is 0 Å². The summed E-state index contributed by atoms with van der Waals surface area (Å²) in [7, 11) is 0. The number of hydrogen-bond donors (Lipinski definition) is 0. The Labute approximate surface area is 128 Å². The molecule has 0 saturated heterocycles. The molecule has 1 atom stereocenters. The zero-order valence-electron chi connectivity index (χ0n) is 13.2. The fourth-order valence-corrected chi connectivity index (χ4v) is 2.77. The van der Waals surface area contributed by atoms with Gasteiger partial charge < -0.3 is 0 Å². The summed E-state index contributed by atoms with van der Waals surface area (Å²) in [5, 5.41) is 0.638. The monoisotopic (exact) mass is 294 g/mol. The van der Waals surface area contributed by atoms with Crippen molar-refractivity contribution in [3.05, 3.63) is 34.9 Å². The van der Waals surface area contributed by atoms with Crippen LogP contribution in [0.1, 0.15) is 70.2 Å². The summed E-state index contributed by atoms with van der Waals surface area (Å²) < 4.78 is 0. The minimum atomic E-state index is 0.111. The van der Waals surface area contributed by atoms with Gasteiger partial charge >= 0.3 is 0 Å². The first-order valence-electron chi connectivity index (χ1n) is 7.63. The summed E-state index contributed by atoms with van der Waals surface area (Å²) in [6.45, 7) is 8.79. The average molecular weight is 295 g/mol. The molecule has 0 fully saturated rings. The lowest BCUT2D eigenvalue weighted by Gasteiger charge is -2.25. The van der Waals surface area contributed by atoms with Crippen molar-refractivity contribution in [1.82, 2.24) is 0 Å². The Bertz CT molecular complexity index is 431. The maximum atomic E-state index is 12.7. The van der Waals surface area contributed by atoms with E-state index in [1.54, 1.807) is 6.07 Å². The highest BCUT2D eigenvalue weighted by Gasteiger charge is 2.25. The van der Waals surface area contributed by atoms with E-state index in [0.29, 0.717) is 5.02 Å². The molecule has 0 aliphatic heterocycles. The van der Waals surface area contributed by atoms with Crippen LogP contribution in [-0.4, -0.2) is 5.78 Å². The van der Waals surface area contributed by atoms with Crippen LogP contribution in [0.25, 0.3) is 0 Å². The van der Waals surface area contributed by atoms with Gasteiger partial charge in [-0.05, 0) is 30.4 Å². The number of rotatable bonds is 7. The predicted molar refractivity (Wildman–Crippen MR) is 87.5 cm³/mol. The van der Waals surface area contributed by atoms with Gasteiger partial charge in [0.25, 0.3) is 0 Å². The SMILES string of the molecule is CCCCCC(CC(C)(C)C)C(=O)c1cccc(Cl)c1. The van der Waals surface area contributed by atoms with Gasteiger partial charge in [0, 0.05) is 16.5 Å².